The van der Waals surface area contributed by atoms with E-state index in [1.165, 1.54) is 11.1 Å². The Bertz CT molecular complexity index is 661. The maximum atomic E-state index is 9.14. The molecule has 2 aromatic rings. The Morgan fingerprint density at radius 3 is 2.89 bits per heavy atom. The van der Waals surface area contributed by atoms with Crippen LogP contribution in [0.15, 0.2) is 36.7 Å². The molecule has 1 aromatic carbocycles. The molecule has 19 heavy (non-hydrogen) atoms. The van der Waals surface area contributed by atoms with E-state index in [1.54, 1.807) is 19.5 Å². The molecule has 0 atom stereocenters. The van der Waals surface area contributed by atoms with Gasteiger partial charge in [0.2, 0.25) is 0 Å². The summed E-state index contributed by atoms with van der Waals surface area (Å²) in [6, 6.07) is 10.2. The Hall–Kier alpha value is -2.54. The summed E-state index contributed by atoms with van der Waals surface area (Å²) in [6.07, 6.45) is 3.33. The number of rotatable bonds is 2. The largest absolute Gasteiger partial charge is 0.497 e. The van der Waals surface area contributed by atoms with Crippen LogP contribution in [-0.4, -0.2) is 12.1 Å². The molecule has 0 bridgehead atoms. The highest BCUT2D eigenvalue weighted by Gasteiger charge is 2.21. The summed E-state index contributed by atoms with van der Waals surface area (Å²) in [6.45, 7) is 1.61. The van der Waals surface area contributed by atoms with E-state index in [9.17, 15) is 0 Å². The van der Waals surface area contributed by atoms with Crippen LogP contribution in [0.1, 0.15) is 16.7 Å². The molecule has 0 fully saturated rings. The molecular weight excluding hydrogens is 238 g/mol. The first-order chi connectivity index (χ1) is 9.31. The number of fused-ring (bicyclic) bond motifs is 1. The van der Waals surface area contributed by atoms with Gasteiger partial charge in [-0.25, -0.2) is 0 Å². The molecule has 0 saturated heterocycles. The topological polar surface area (TPSA) is 49.1 Å². The van der Waals surface area contributed by atoms with Gasteiger partial charge in [0.25, 0.3) is 0 Å². The zero-order valence-corrected chi connectivity index (χ0v) is 10.6. The smallest absolute Gasteiger partial charge is 0.119 e. The van der Waals surface area contributed by atoms with Crippen molar-refractivity contribution in [1.29, 1.82) is 5.26 Å². The first-order valence-electron chi connectivity index (χ1n) is 6.06. The summed E-state index contributed by atoms with van der Waals surface area (Å²) in [4.78, 5) is 6.18. The molecule has 4 nitrogen and oxygen atoms in total. The van der Waals surface area contributed by atoms with Crippen molar-refractivity contribution >= 4 is 5.69 Å². The van der Waals surface area contributed by atoms with E-state index in [-0.39, 0.29) is 0 Å². The molecule has 4 heteroatoms. The fourth-order valence-corrected chi connectivity index (χ4v) is 2.42. The molecule has 0 aliphatic carbocycles. The van der Waals surface area contributed by atoms with Crippen LogP contribution >= 0.6 is 0 Å². The molecule has 1 aromatic heterocycles. The lowest BCUT2D eigenvalue weighted by Gasteiger charge is -2.18. The van der Waals surface area contributed by atoms with Gasteiger partial charge in [-0.05, 0) is 29.3 Å². The maximum absolute atomic E-state index is 9.14. The molecule has 0 N–H and O–H groups in total. The molecule has 0 amide bonds. The summed E-state index contributed by atoms with van der Waals surface area (Å²) < 4.78 is 5.24. The minimum atomic E-state index is 0.613. The Morgan fingerprint density at radius 1 is 1.26 bits per heavy atom. The lowest BCUT2D eigenvalue weighted by molar-refractivity contribution is 0.414. The van der Waals surface area contributed by atoms with Crippen molar-refractivity contribution in [1.82, 2.24) is 4.98 Å². The Kier molecular flexibility index (Phi) is 2.81. The number of ether oxygens (including phenoxy) is 1. The summed E-state index contributed by atoms with van der Waals surface area (Å²) in [7, 11) is 1.67. The van der Waals surface area contributed by atoms with E-state index in [4.69, 9.17) is 10.00 Å². The van der Waals surface area contributed by atoms with Crippen molar-refractivity contribution in [2.24, 2.45) is 0 Å². The number of methoxy groups -OCH3 is 1. The second kappa shape index (κ2) is 4.62. The van der Waals surface area contributed by atoms with Gasteiger partial charge in [0.15, 0.2) is 0 Å². The van der Waals surface area contributed by atoms with E-state index in [0.29, 0.717) is 5.56 Å². The number of nitrogens with zero attached hydrogens (tertiary/aromatic N) is 3. The van der Waals surface area contributed by atoms with Gasteiger partial charge < -0.3 is 9.64 Å². The molecule has 1 aliphatic rings. The van der Waals surface area contributed by atoms with E-state index in [2.05, 4.69) is 28.1 Å². The lowest BCUT2D eigenvalue weighted by Crippen LogP contribution is -2.15. The molecule has 2 heterocycles. The molecule has 94 valence electrons. The average molecular weight is 251 g/mol. The van der Waals surface area contributed by atoms with Gasteiger partial charge >= 0.3 is 0 Å². The van der Waals surface area contributed by atoms with Crippen LogP contribution in [0.5, 0.6) is 5.75 Å². The van der Waals surface area contributed by atoms with Crippen LogP contribution in [0.25, 0.3) is 0 Å². The van der Waals surface area contributed by atoms with Gasteiger partial charge in [-0.15, -0.1) is 0 Å². The number of hydrogen-bond donors (Lipinski definition) is 0. The van der Waals surface area contributed by atoms with Gasteiger partial charge in [0.05, 0.1) is 18.4 Å². The van der Waals surface area contributed by atoms with Crippen LogP contribution in [0.3, 0.4) is 0 Å². The average Bonchev–Trinajstić information content (AvgIpc) is 2.89. The zero-order chi connectivity index (χ0) is 13.2. The van der Waals surface area contributed by atoms with Gasteiger partial charge in [0, 0.05) is 25.5 Å². The summed E-state index contributed by atoms with van der Waals surface area (Å²) >= 11 is 0. The molecular formula is C15H13N3O. The number of nitriles is 1. The first kappa shape index (κ1) is 11.5. The van der Waals surface area contributed by atoms with Crippen LogP contribution in [0.2, 0.25) is 0 Å². The van der Waals surface area contributed by atoms with Crippen molar-refractivity contribution in [3.05, 3.63) is 53.3 Å². The third-order valence-electron chi connectivity index (χ3n) is 3.40. The van der Waals surface area contributed by atoms with Gasteiger partial charge in [-0.3, -0.25) is 4.98 Å². The predicted molar refractivity (Wildman–Crippen MR) is 71.8 cm³/mol. The second-order valence-corrected chi connectivity index (χ2v) is 4.50. The van der Waals surface area contributed by atoms with Gasteiger partial charge in [-0.1, -0.05) is 6.07 Å². The quantitative estimate of drug-likeness (QED) is 0.822. The Balaban J connectivity index is 1.93. The van der Waals surface area contributed by atoms with Crippen molar-refractivity contribution < 1.29 is 4.74 Å². The molecule has 3 rings (SSSR count). The number of benzene rings is 1. The maximum Gasteiger partial charge on any atom is 0.119 e. The number of aromatic nitrogens is 1. The molecule has 1 aliphatic heterocycles. The van der Waals surface area contributed by atoms with Crippen LogP contribution in [0.4, 0.5) is 5.69 Å². The minimum Gasteiger partial charge on any atom is -0.497 e. The van der Waals surface area contributed by atoms with E-state index < -0.39 is 0 Å². The Morgan fingerprint density at radius 2 is 2.11 bits per heavy atom. The standard InChI is InChI=1S/C15H13N3O/c1-19-14-3-2-11-9-18(10-12(11)6-14)15-4-5-17-8-13(15)7-16/h2-6,8H,9-10H2,1H3. The SMILES string of the molecule is COc1ccc2c(c1)CN(c1ccncc1C#N)C2. The second-order valence-electron chi connectivity index (χ2n) is 4.50. The molecule has 0 radical (unpaired) electrons. The van der Waals surface area contributed by atoms with Crippen LogP contribution in [0, 0.1) is 11.3 Å². The summed E-state index contributed by atoms with van der Waals surface area (Å²) in [5.41, 5.74) is 4.08. The lowest BCUT2D eigenvalue weighted by atomic mass is 10.1. The van der Waals surface area contributed by atoms with E-state index in [1.807, 2.05) is 12.1 Å². The minimum absolute atomic E-state index is 0.613. The fraction of sp³-hybridized carbons (Fsp3) is 0.200. The summed E-state index contributed by atoms with van der Waals surface area (Å²) in [5, 5.41) is 9.14. The van der Waals surface area contributed by atoms with Crippen molar-refractivity contribution in [3.63, 3.8) is 0 Å². The zero-order valence-electron chi connectivity index (χ0n) is 10.6. The third kappa shape index (κ3) is 2.00. The van der Waals surface area contributed by atoms with Gasteiger partial charge in [-0.2, -0.15) is 5.26 Å². The number of hydrogen-bond acceptors (Lipinski definition) is 4. The number of pyridine rings is 1. The van der Waals surface area contributed by atoms with Crippen molar-refractivity contribution in [2.45, 2.75) is 13.1 Å². The van der Waals surface area contributed by atoms with E-state index in [0.717, 1.165) is 24.5 Å². The Labute approximate surface area is 111 Å². The number of anilines is 1. The van der Waals surface area contributed by atoms with Gasteiger partial charge in [0.1, 0.15) is 11.8 Å². The van der Waals surface area contributed by atoms with Crippen LogP contribution < -0.4 is 9.64 Å². The molecule has 0 saturated carbocycles. The summed E-state index contributed by atoms with van der Waals surface area (Å²) in [5.74, 6) is 0.871. The first-order valence-corrected chi connectivity index (χ1v) is 6.06. The van der Waals surface area contributed by atoms with Crippen LogP contribution in [-0.2, 0) is 13.1 Å². The fourth-order valence-electron chi connectivity index (χ4n) is 2.42. The molecule has 0 unspecified atom stereocenters. The highest BCUT2D eigenvalue weighted by molar-refractivity contribution is 5.60. The van der Waals surface area contributed by atoms with E-state index >= 15 is 0 Å². The van der Waals surface area contributed by atoms with Crippen molar-refractivity contribution in [3.8, 4) is 11.8 Å². The third-order valence-corrected chi connectivity index (χ3v) is 3.40. The normalized spacial score (nSPS) is 12.9. The van der Waals surface area contributed by atoms with Crippen molar-refractivity contribution in [2.75, 3.05) is 12.0 Å². The highest BCUT2D eigenvalue weighted by Crippen LogP contribution is 2.31. The monoisotopic (exact) mass is 251 g/mol. The highest BCUT2D eigenvalue weighted by atomic mass is 16.5. The predicted octanol–water partition coefficient (Wildman–Crippen LogP) is 2.48. The molecule has 0 spiro atoms.